The summed E-state index contributed by atoms with van der Waals surface area (Å²) in [6.45, 7) is 0.371. The molecular formula is C29H27F3N8O2. The molecule has 0 N–H and O–H groups in total. The van der Waals surface area contributed by atoms with E-state index in [1.165, 1.54) is 17.9 Å². The van der Waals surface area contributed by atoms with Crippen LogP contribution in [0.15, 0.2) is 43.0 Å². The second-order valence-electron chi connectivity index (χ2n) is 11.1. The number of methoxy groups -OCH3 is 1. The van der Waals surface area contributed by atoms with Crippen molar-refractivity contribution in [2.75, 3.05) is 24.0 Å². The van der Waals surface area contributed by atoms with Gasteiger partial charge in [-0.25, -0.2) is 24.9 Å². The van der Waals surface area contributed by atoms with E-state index in [4.69, 9.17) is 9.72 Å². The number of aryl methyl sites for hydroxylation is 1. The van der Waals surface area contributed by atoms with Gasteiger partial charge in [0.15, 0.2) is 17.3 Å². The number of rotatable bonds is 6. The van der Waals surface area contributed by atoms with E-state index in [9.17, 15) is 18.0 Å². The van der Waals surface area contributed by atoms with Gasteiger partial charge >= 0.3 is 6.18 Å². The molecule has 1 spiro atoms. The number of amides is 1. The molecule has 42 heavy (non-hydrogen) atoms. The van der Waals surface area contributed by atoms with Gasteiger partial charge in [-0.3, -0.25) is 4.79 Å². The van der Waals surface area contributed by atoms with Crippen LogP contribution in [0.1, 0.15) is 48.6 Å². The zero-order valence-electron chi connectivity index (χ0n) is 23.2. The Balaban J connectivity index is 1.26. The normalized spacial score (nSPS) is 17.5. The summed E-state index contributed by atoms with van der Waals surface area (Å²) in [5.41, 5.74) is 1.88. The van der Waals surface area contributed by atoms with Crippen LogP contribution >= 0.6 is 0 Å². The fraction of sp³-hybridized carbons (Fsp3) is 0.379. The van der Waals surface area contributed by atoms with E-state index in [-0.39, 0.29) is 11.7 Å². The lowest BCUT2D eigenvalue weighted by Crippen LogP contribution is -2.54. The van der Waals surface area contributed by atoms with Crippen molar-refractivity contribution in [1.82, 2.24) is 29.5 Å². The van der Waals surface area contributed by atoms with E-state index in [0.29, 0.717) is 59.6 Å². The smallest absolute Gasteiger partial charge is 0.434 e. The molecule has 1 aliphatic heterocycles. The summed E-state index contributed by atoms with van der Waals surface area (Å²) < 4.78 is 46.5. The molecule has 1 amide bonds. The van der Waals surface area contributed by atoms with E-state index in [1.54, 1.807) is 37.4 Å². The highest BCUT2D eigenvalue weighted by Crippen LogP contribution is 2.52. The van der Waals surface area contributed by atoms with E-state index in [0.717, 1.165) is 30.3 Å². The maximum absolute atomic E-state index is 13.5. The third-order valence-corrected chi connectivity index (χ3v) is 8.25. The van der Waals surface area contributed by atoms with Crippen LogP contribution in [0.5, 0.6) is 5.88 Å². The van der Waals surface area contributed by atoms with Crippen molar-refractivity contribution >= 4 is 17.4 Å². The number of ether oxygens (including phenoxy) is 1. The minimum Gasteiger partial charge on any atom is -0.480 e. The van der Waals surface area contributed by atoms with Crippen molar-refractivity contribution in [3.05, 3.63) is 59.9 Å². The summed E-state index contributed by atoms with van der Waals surface area (Å²) in [6.07, 6.45) is 3.02. The minimum absolute atomic E-state index is 0.0186. The largest absolute Gasteiger partial charge is 0.480 e. The summed E-state index contributed by atoms with van der Waals surface area (Å²) in [5.74, 6) is 1.96. The van der Waals surface area contributed by atoms with Gasteiger partial charge in [0.05, 0.1) is 19.0 Å². The Morgan fingerprint density at radius 2 is 1.79 bits per heavy atom. The lowest BCUT2D eigenvalue weighted by atomic mass is 10.0. The number of hydrogen-bond donors (Lipinski definition) is 0. The summed E-state index contributed by atoms with van der Waals surface area (Å²) in [4.78, 5) is 39.4. The fourth-order valence-corrected chi connectivity index (χ4v) is 5.72. The Hall–Kier alpha value is -4.55. The Kier molecular flexibility index (Phi) is 5.79. The first-order chi connectivity index (χ1) is 20.1. The molecule has 0 unspecified atom stereocenters. The first-order valence-electron chi connectivity index (χ1n) is 13.6. The van der Waals surface area contributed by atoms with Crippen LogP contribution in [-0.2, 0) is 24.6 Å². The standard InChI is InChI=1S/C29H27F3N8O2/c1-38-14-20(29(30,31)32)36-24(38)18-6-4-16(5-7-18)13-40-25-19(39(2)27(41)28(40)10-11-28)12-33-23(37-25)21-22(17-8-9-17)34-15-35-26(21)42-3/h4-7,12,14-15,17H,8-11,13H2,1-3H3. The van der Waals surface area contributed by atoms with Gasteiger partial charge in [0, 0.05) is 38.3 Å². The highest BCUT2D eigenvalue weighted by atomic mass is 19.4. The molecule has 4 aromatic rings. The Morgan fingerprint density at radius 3 is 2.40 bits per heavy atom. The van der Waals surface area contributed by atoms with E-state index < -0.39 is 17.4 Å². The van der Waals surface area contributed by atoms with Gasteiger partial charge in [-0.05, 0) is 31.2 Å². The number of alkyl halides is 3. The number of carbonyl (C=O) groups excluding carboxylic acids is 1. The van der Waals surface area contributed by atoms with Gasteiger partial charge in [0.25, 0.3) is 5.91 Å². The first-order valence-corrected chi connectivity index (χ1v) is 13.6. The third kappa shape index (κ3) is 4.17. The van der Waals surface area contributed by atoms with Gasteiger partial charge in [-0.15, -0.1) is 0 Å². The molecule has 0 bridgehead atoms. The molecular weight excluding hydrogens is 549 g/mol. The van der Waals surface area contributed by atoms with Crippen LogP contribution in [0.25, 0.3) is 22.8 Å². The SMILES string of the molecule is COc1ncnc(C2CC2)c1-c1ncc2c(n1)N(Cc1ccc(-c3nc(C(F)(F)F)cn3C)cc1)C1(CC1)C(=O)N2C. The maximum Gasteiger partial charge on any atom is 0.434 e. The van der Waals surface area contributed by atoms with Gasteiger partial charge in [-0.1, -0.05) is 24.3 Å². The molecule has 13 heteroatoms. The summed E-state index contributed by atoms with van der Waals surface area (Å²) >= 11 is 0. The van der Waals surface area contributed by atoms with Gasteiger partial charge in [0.2, 0.25) is 5.88 Å². The van der Waals surface area contributed by atoms with Crippen LogP contribution in [0.2, 0.25) is 0 Å². The predicted octanol–water partition coefficient (Wildman–Crippen LogP) is 4.75. The molecule has 3 aromatic heterocycles. The highest BCUT2D eigenvalue weighted by molar-refractivity contribution is 6.09. The van der Waals surface area contributed by atoms with E-state index >= 15 is 0 Å². The zero-order chi connectivity index (χ0) is 29.4. The third-order valence-electron chi connectivity index (χ3n) is 8.25. The van der Waals surface area contributed by atoms with Crippen molar-refractivity contribution in [2.45, 2.75) is 49.9 Å². The molecule has 0 saturated heterocycles. The van der Waals surface area contributed by atoms with E-state index in [2.05, 4.69) is 19.9 Å². The number of fused-ring (bicyclic) bond motifs is 1. The average molecular weight is 577 g/mol. The lowest BCUT2D eigenvalue weighted by molar-refractivity contribution is -0.140. The summed E-state index contributed by atoms with van der Waals surface area (Å²) in [6, 6.07) is 7.18. The van der Waals surface area contributed by atoms with Crippen molar-refractivity contribution in [1.29, 1.82) is 0 Å². The number of aromatic nitrogens is 6. The molecule has 7 rings (SSSR count). The second-order valence-corrected chi connectivity index (χ2v) is 11.1. The molecule has 1 aromatic carbocycles. The first kappa shape index (κ1) is 26.4. The van der Waals surface area contributed by atoms with Crippen LogP contribution in [-0.4, -0.2) is 55.1 Å². The monoisotopic (exact) mass is 576 g/mol. The Morgan fingerprint density at radius 1 is 1.05 bits per heavy atom. The van der Waals surface area contributed by atoms with Crippen molar-refractivity contribution in [3.63, 3.8) is 0 Å². The number of likely N-dealkylation sites (N-methyl/N-ethyl adjacent to an activating group) is 1. The molecule has 216 valence electrons. The van der Waals surface area contributed by atoms with Crippen molar-refractivity contribution in [2.24, 2.45) is 7.05 Å². The van der Waals surface area contributed by atoms with Crippen LogP contribution in [0.3, 0.4) is 0 Å². The quantitative estimate of drug-likeness (QED) is 0.324. The van der Waals surface area contributed by atoms with Crippen LogP contribution in [0, 0.1) is 0 Å². The Bertz CT molecular complexity index is 1710. The topological polar surface area (TPSA) is 102 Å². The number of halogens is 3. The number of hydrogen-bond acceptors (Lipinski definition) is 8. The van der Waals surface area contributed by atoms with Gasteiger partial charge in [-0.2, -0.15) is 13.2 Å². The molecule has 0 radical (unpaired) electrons. The molecule has 2 fully saturated rings. The number of nitrogens with zero attached hydrogens (tertiary/aromatic N) is 8. The number of imidazole rings is 1. The molecule has 3 aliphatic rings. The fourth-order valence-electron chi connectivity index (χ4n) is 5.72. The summed E-state index contributed by atoms with van der Waals surface area (Å²) in [5, 5.41) is 0. The molecule has 0 atom stereocenters. The predicted molar refractivity (Wildman–Crippen MR) is 147 cm³/mol. The number of benzene rings is 1. The molecule has 4 heterocycles. The Labute approximate surface area is 239 Å². The average Bonchev–Trinajstić information content (AvgIpc) is 3.92. The minimum atomic E-state index is -4.52. The van der Waals surface area contributed by atoms with Gasteiger partial charge < -0.3 is 19.1 Å². The maximum atomic E-state index is 13.5. The van der Waals surface area contributed by atoms with Crippen molar-refractivity contribution < 1.29 is 22.7 Å². The van der Waals surface area contributed by atoms with Crippen LogP contribution < -0.4 is 14.5 Å². The molecule has 2 saturated carbocycles. The molecule has 10 nitrogen and oxygen atoms in total. The highest BCUT2D eigenvalue weighted by Gasteiger charge is 2.59. The van der Waals surface area contributed by atoms with Crippen molar-refractivity contribution in [3.8, 4) is 28.7 Å². The number of anilines is 2. The zero-order valence-corrected chi connectivity index (χ0v) is 23.2. The number of carbonyl (C=O) groups is 1. The van der Waals surface area contributed by atoms with Crippen LogP contribution in [0.4, 0.5) is 24.7 Å². The summed E-state index contributed by atoms with van der Waals surface area (Å²) in [7, 11) is 4.82. The lowest BCUT2D eigenvalue weighted by Gasteiger charge is -2.41. The van der Waals surface area contributed by atoms with E-state index in [1.807, 2.05) is 17.0 Å². The molecule has 2 aliphatic carbocycles. The van der Waals surface area contributed by atoms with Gasteiger partial charge in [0.1, 0.15) is 28.9 Å². The second kappa shape index (κ2) is 9.23.